The van der Waals surface area contributed by atoms with Crippen LogP contribution in [0.2, 0.25) is 0 Å². The van der Waals surface area contributed by atoms with Crippen molar-refractivity contribution >= 4 is 5.91 Å². The van der Waals surface area contributed by atoms with Gasteiger partial charge >= 0.3 is 0 Å². The molecule has 1 unspecified atom stereocenters. The van der Waals surface area contributed by atoms with Gasteiger partial charge in [0.25, 0.3) is 0 Å². The number of aliphatic hydroxyl groups is 1. The van der Waals surface area contributed by atoms with Crippen molar-refractivity contribution in [2.75, 3.05) is 7.11 Å². The van der Waals surface area contributed by atoms with Crippen molar-refractivity contribution in [3.05, 3.63) is 29.8 Å². The van der Waals surface area contributed by atoms with E-state index in [4.69, 9.17) is 10.5 Å². The number of hydrogen-bond donors (Lipinski definition) is 2. The molecule has 0 radical (unpaired) electrons. The predicted molar refractivity (Wildman–Crippen MR) is 56.5 cm³/mol. The molecule has 0 spiro atoms. The highest BCUT2D eigenvalue weighted by Crippen LogP contribution is 2.19. The second-order valence-electron chi connectivity index (χ2n) is 3.34. The molecule has 1 aromatic carbocycles. The minimum atomic E-state index is -0.751. The molecule has 1 amide bonds. The van der Waals surface area contributed by atoms with Gasteiger partial charge in [-0.2, -0.15) is 0 Å². The number of benzene rings is 1. The summed E-state index contributed by atoms with van der Waals surface area (Å²) in [5.41, 5.74) is 5.86. The summed E-state index contributed by atoms with van der Waals surface area (Å²) >= 11 is 0. The largest absolute Gasteiger partial charge is 0.496 e. The van der Waals surface area contributed by atoms with Gasteiger partial charge in [-0.05, 0) is 11.6 Å². The molecule has 0 fully saturated rings. The Bertz CT molecular complexity index is 338. The normalized spacial score (nSPS) is 12.1. The van der Waals surface area contributed by atoms with Crippen LogP contribution in [0.4, 0.5) is 0 Å². The van der Waals surface area contributed by atoms with Crippen LogP contribution in [-0.4, -0.2) is 24.2 Å². The van der Waals surface area contributed by atoms with Gasteiger partial charge in [0, 0.05) is 6.42 Å². The molecule has 1 rings (SSSR count). The first-order valence-corrected chi connectivity index (χ1v) is 4.71. The number of rotatable bonds is 5. The summed E-state index contributed by atoms with van der Waals surface area (Å²) < 4.78 is 5.12. The average Bonchev–Trinajstić information content (AvgIpc) is 2.17. The van der Waals surface area contributed by atoms with Crippen LogP contribution in [0.5, 0.6) is 5.75 Å². The van der Waals surface area contributed by atoms with Crippen molar-refractivity contribution in [1.82, 2.24) is 0 Å². The van der Waals surface area contributed by atoms with E-state index in [0.717, 1.165) is 5.56 Å². The first-order valence-electron chi connectivity index (χ1n) is 4.71. The molecule has 15 heavy (non-hydrogen) atoms. The van der Waals surface area contributed by atoms with Gasteiger partial charge in [-0.3, -0.25) is 4.79 Å². The molecule has 1 atom stereocenters. The molecule has 0 aliphatic rings. The summed E-state index contributed by atoms with van der Waals surface area (Å²) in [7, 11) is 1.57. The van der Waals surface area contributed by atoms with Crippen LogP contribution in [0.3, 0.4) is 0 Å². The smallest absolute Gasteiger partial charge is 0.220 e. The molecule has 0 saturated heterocycles. The lowest BCUT2D eigenvalue weighted by Crippen LogP contribution is -2.21. The predicted octanol–water partition coefficient (Wildman–Crippen LogP) is 0.474. The molecule has 0 aliphatic carbocycles. The van der Waals surface area contributed by atoms with Crippen LogP contribution < -0.4 is 10.5 Å². The van der Waals surface area contributed by atoms with E-state index in [1.54, 1.807) is 7.11 Å². The van der Waals surface area contributed by atoms with E-state index in [-0.39, 0.29) is 6.42 Å². The average molecular weight is 209 g/mol. The van der Waals surface area contributed by atoms with E-state index in [1.165, 1.54) is 0 Å². The highest BCUT2D eigenvalue weighted by atomic mass is 16.5. The molecule has 4 heteroatoms. The van der Waals surface area contributed by atoms with E-state index in [1.807, 2.05) is 24.3 Å². The van der Waals surface area contributed by atoms with Gasteiger partial charge in [0.05, 0.1) is 19.6 Å². The molecule has 1 aromatic rings. The van der Waals surface area contributed by atoms with Gasteiger partial charge in [0.15, 0.2) is 0 Å². The van der Waals surface area contributed by atoms with Gasteiger partial charge in [-0.15, -0.1) is 0 Å². The van der Waals surface area contributed by atoms with E-state index in [9.17, 15) is 9.90 Å². The first kappa shape index (κ1) is 11.5. The molecular weight excluding hydrogens is 194 g/mol. The van der Waals surface area contributed by atoms with Crippen molar-refractivity contribution in [3.63, 3.8) is 0 Å². The summed E-state index contributed by atoms with van der Waals surface area (Å²) in [5, 5.41) is 9.54. The first-order chi connectivity index (χ1) is 7.13. The number of amides is 1. The van der Waals surface area contributed by atoms with Crippen molar-refractivity contribution in [1.29, 1.82) is 0 Å². The van der Waals surface area contributed by atoms with Crippen molar-refractivity contribution in [3.8, 4) is 5.75 Å². The maximum Gasteiger partial charge on any atom is 0.220 e. The summed E-state index contributed by atoms with van der Waals surface area (Å²) in [6.45, 7) is 0. The summed E-state index contributed by atoms with van der Waals surface area (Å²) in [5.74, 6) is 0.207. The van der Waals surface area contributed by atoms with E-state index < -0.39 is 12.0 Å². The van der Waals surface area contributed by atoms with Gasteiger partial charge < -0.3 is 15.6 Å². The Morgan fingerprint density at radius 1 is 1.53 bits per heavy atom. The highest BCUT2D eigenvalue weighted by molar-refractivity contribution is 5.74. The Labute approximate surface area is 88.7 Å². The fourth-order valence-electron chi connectivity index (χ4n) is 1.43. The van der Waals surface area contributed by atoms with Gasteiger partial charge in [0.1, 0.15) is 5.75 Å². The lowest BCUT2D eigenvalue weighted by Gasteiger charge is -2.11. The summed E-state index contributed by atoms with van der Waals surface area (Å²) in [4.78, 5) is 10.6. The summed E-state index contributed by atoms with van der Waals surface area (Å²) in [6, 6.07) is 7.37. The number of ether oxygens (including phenoxy) is 1. The molecule has 0 saturated carbocycles. The standard InChI is InChI=1S/C11H15NO3/c1-15-10-5-3-2-4-8(10)6-9(13)7-11(12)14/h2-5,9,13H,6-7H2,1H3,(H2,12,14). The summed E-state index contributed by atoms with van der Waals surface area (Å²) in [6.07, 6.45) is -0.413. The van der Waals surface area contributed by atoms with E-state index in [2.05, 4.69) is 0 Å². The Morgan fingerprint density at radius 3 is 2.80 bits per heavy atom. The van der Waals surface area contributed by atoms with Crippen LogP contribution in [-0.2, 0) is 11.2 Å². The second kappa shape index (κ2) is 5.36. The molecule has 4 nitrogen and oxygen atoms in total. The van der Waals surface area contributed by atoms with Crippen LogP contribution in [0.15, 0.2) is 24.3 Å². The topological polar surface area (TPSA) is 72.6 Å². The maximum atomic E-state index is 10.6. The number of hydrogen-bond acceptors (Lipinski definition) is 3. The zero-order valence-corrected chi connectivity index (χ0v) is 8.64. The minimum Gasteiger partial charge on any atom is -0.496 e. The zero-order chi connectivity index (χ0) is 11.3. The Morgan fingerprint density at radius 2 is 2.20 bits per heavy atom. The monoisotopic (exact) mass is 209 g/mol. The van der Waals surface area contributed by atoms with Crippen LogP contribution >= 0.6 is 0 Å². The van der Waals surface area contributed by atoms with E-state index >= 15 is 0 Å². The molecule has 3 N–H and O–H groups in total. The Kier molecular flexibility index (Phi) is 4.12. The van der Waals surface area contributed by atoms with Crippen LogP contribution in [0.1, 0.15) is 12.0 Å². The molecule has 0 aromatic heterocycles. The lowest BCUT2D eigenvalue weighted by atomic mass is 10.0. The maximum absolute atomic E-state index is 10.6. The molecule has 0 bridgehead atoms. The zero-order valence-electron chi connectivity index (χ0n) is 8.64. The number of carbonyl (C=O) groups is 1. The molecular formula is C11H15NO3. The third kappa shape index (κ3) is 3.59. The number of aliphatic hydroxyl groups excluding tert-OH is 1. The minimum absolute atomic E-state index is 0.0297. The van der Waals surface area contributed by atoms with Crippen molar-refractivity contribution < 1.29 is 14.6 Å². The number of methoxy groups -OCH3 is 1. The molecule has 0 aliphatic heterocycles. The second-order valence-corrected chi connectivity index (χ2v) is 3.34. The quantitative estimate of drug-likeness (QED) is 0.740. The van der Waals surface area contributed by atoms with Crippen molar-refractivity contribution in [2.45, 2.75) is 18.9 Å². The number of primary amides is 1. The molecule has 82 valence electrons. The number of carbonyl (C=O) groups excluding carboxylic acids is 1. The van der Waals surface area contributed by atoms with Gasteiger partial charge in [-0.25, -0.2) is 0 Å². The molecule has 0 heterocycles. The number of nitrogens with two attached hydrogens (primary N) is 1. The Hall–Kier alpha value is -1.55. The third-order valence-electron chi connectivity index (χ3n) is 2.08. The fraction of sp³-hybridized carbons (Fsp3) is 0.364. The van der Waals surface area contributed by atoms with Gasteiger partial charge in [0.2, 0.25) is 5.91 Å². The fourth-order valence-corrected chi connectivity index (χ4v) is 1.43. The third-order valence-corrected chi connectivity index (χ3v) is 2.08. The SMILES string of the molecule is COc1ccccc1CC(O)CC(N)=O. The van der Waals surface area contributed by atoms with E-state index in [0.29, 0.717) is 12.2 Å². The highest BCUT2D eigenvalue weighted by Gasteiger charge is 2.11. The van der Waals surface area contributed by atoms with Crippen molar-refractivity contribution in [2.24, 2.45) is 5.73 Å². The van der Waals surface area contributed by atoms with Gasteiger partial charge in [-0.1, -0.05) is 18.2 Å². The van der Waals surface area contributed by atoms with Crippen LogP contribution in [0, 0.1) is 0 Å². The number of para-hydroxylation sites is 1. The lowest BCUT2D eigenvalue weighted by molar-refractivity contribution is -0.119. The van der Waals surface area contributed by atoms with Crippen LogP contribution in [0.25, 0.3) is 0 Å². The Balaban J connectivity index is 2.67.